The van der Waals surface area contributed by atoms with Crippen LogP contribution in [0.5, 0.6) is 0 Å². The fraction of sp³-hybridized carbons (Fsp3) is 0.258. The van der Waals surface area contributed by atoms with Gasteiger partial charge in [-0.25, -0.2) is 17.6 Å². The Kier molecular flexibility index (Phi) is 6.63. The van der Waals surface area contributed by atoms with Crippen molar-refractivity contribution in [1.29, 1.82) is 0 Å². The molecule has 3 aromatic heterocycles. The second kappa shape index (κ2) is 10.4. The maximum absolute atomic E-state index is 15.1. The fourth-order valence-electron chi connectivity index (χ4n) is 6.20. The van der Waals surface area contributed by atoms with Gasteiger partial charge in [0.2, 0.25) is 5.91 Å². The lowest BCUT2D eigenvalue weighted by atomic mass is 9.95. The van der Waals surface area contributed by atoms with Gasteiger partial charge in [0.05, 0.1) is 22.8 Å². The smallest absolute Gasteiger partial charge is 0.293 e. The van der Waals surface area contributed by atoms with E-state index in [1.165, 1.54) is 12.4 Å². The number of carbonyl (C=O) groups is 1. The number of alkyl halides is 4. The van der Waals surface area contributed by atoms with Gasteiger partial charge in [-0.3, -0.25) is 24.4 Å². The molecule has 2 aliphatic rings. The summed E-state index contributed by atoms with van der Waals surface area (Å²) in [5, 5.41) is 6.45. The van der Waals surface area contributed by atoms with Crippen molar-refractivity contribution in [1.82, 2.24) is 30.0 Å². The number of halogens is 6. The molecule has 0 bridgehead atoms. The number of fused-ring (bicyclic) bond motifs is 4. The second-order valence-electron chi connectivity index (χ2n) is 11.0. The standard InChI is InChI=1S/C31H22F6N6O/c32-17-8-15(9-18(33)12-17)10-24(27-19(2-1-5-40-27)16-3-4-22-23(11-16)39-7-6-38-22)41-25(44)14-43-29-26(28(42-43)30(34)35)20-13-21(20)31(29,36)37/h1-9,11-12,20-21,24,30H,10,13-14H2,(H,41,44). The van der Waals surface area contributed by atoms with Gasteiger partial charge in [0.1, 0.15) is 29.6 Å². The molecule has 7 nitrogen and oxygen atoms in total. The molecule has 0 spiro atoms. The van der Waals surface area contributed by atoms with Gasteiger partial charge in [0, 0.05) is 41.7 Å². The van der Waals surface area contributed by atoms with Crippen molar-refractivity contribution in [3.63, 3.8) is 0 Å². The van der Waals surface area contributed by atoms with Gasteiger partial charge in [-0.15, -0.1) is 0 Å². The molecule has 3 unspecified atom stereocenters. The number of benzene rings is 2. The van der Waals surface area contributed by atoms with Crippen molar-refractivity contribution < 1.29 is 31.1 Å². The normalized spacial score (nSPS) is 18.7. The van der Waals surface area contributed by atoms with Crippen LogP contribution in [0.25, 0.3) is 22.2 Å². The Morgan fingerprint density at radius 1 is 0.955 bits per heavy atom. The van der Waals surface area contributed by atoms with E-state index in [1.807, 2.05) is 0 Å². The highest BCUT2D eigenvalue weighted by atomic mass is 19.3. The zero-order valence-corrected chi connectivity index (χ0v) is 22.7. The monoisotopic (exact) mass is 608 g/mol. The minimum atomic E-state index is -3.40. The quantitative estimate of drug-likeness (QED) is 0.206. The zero-order valence-electron chi connectivity index (χ0n) is 22.7. The van der Waals surface area contributed by atoms with Crippen molar-refractivity contribution >= 4 is 16.9 Å². The number of nitrogens with zero attached hydrogens (tertiary/aromatic N) is 5. The Bertz CT molecular complexity index is 1910. The van der Waals surface area contributed by atoms with E-state index in [9.17, 15) is 22.4 Å². The summed E-state index contributed by atoms with van der Waals surface area (Å²) >= 11 is 0. The second-order valence-corrected chi connectivity index (χ2v) is 11.0. The van der Waals surface area contributed by atoms with E-state index >= 15 is 8.78 Å². The highest BCUT2D eigenvalue weighted by Crippen LogP contribution is 2.68. The molecule has 3 atom stereocenters. The first-order valence-corrected chi connectivity index (χ1v) is 13.8. The fourth-order valence-corrected chi connectivity index (χ4v) is 6.20. The van der Waals surface area contributed by atoms with Gasteiger partial charge in [-0.05, 0) is 60.2 Å². The molecule has 3 heterocycles. The summed E-state index contributed by atoms with van der Waals surface area (Å²) in [5.41, 5.74) is 1.39. The topological polar surface area (TPSA) is 85.6 Å². The Morgan fingerprint density at radius 2 is 1.70 bits per heavy atom. The van der Waals surface area contributed by atoms with Crippen LogP contribution in [0.2, 0.25) is 0 Å². The first-order valence-electron chi connectivity index (χ1n) is 13.8. The molecule has 1 amide bonds. The Morgan fingerprint density at radius 3 is 2.45 bits per heavy atom. The molecule has 1 saturated carbocycles. The van der Waals surface area contributed by atoms with E-state index in [1.54, 1.807) is 36.5 Å². The summed E-state index contributed by atoms with van der Waals surface area (Å²) in [6.45, 7) is -0.772. The van der Waals surface area contributed by atoms with E-state index in [-0.39, 0.29) is 24.0 Å². The lowest BCUT2D eigenvalue weighted by molar-refractivity contribution is -0.123. The summed E-state index contributed by atoms with van der Waals surface area (Å²) in [5.74, 6) is -7.67. The van der Waals surface area contributed by atoms with Crippen LogP contribution < -0.4 is 5.32 Å². The summed E-state index contributed by atoms with van der Waals surface area (Å²) in [4.78, 5) is 26.5. The third-order valence-corrected chi connectivity index (χ3v) is 8.11. The van der Waals surface area contributed by atoms with Crippen molar-refractivity contribution in [3.05, 3.63) is 107 Å². The molecular weight excluding hydrogens is 586 g/mol. The Balaban J connectivity index is 1.25. The number of rotatable bonds is 8. The van der Waals surface area contributed by atoms with E-state index < -0.39 is 65.7 Å². The average Bonchev–Trinajstić information content (AvgIpc) is 3.64. The number of pyridine rings is 1. The van der Waals surface area contributed by atoms with Crippen LogP contribution in [-0.2, 0) is 23.7 Å². The molecule has 0 aliphatic heterocycles. The first-order chi connectivity index (χ1) is 21.1. The van der Waals surface area contributed by atoms with Crippen LogP contribution in [0.3, 0.4) is 0 Å². The van der Waals surface area contributed by atoms with Crippen molar-refractivity contribution in [3.8, 4) is 11.1 Å². The van der Waals surface area contributed by atoms with E-state index in [2.05, 4.69) is 25.4 Å². The van der Waals surface area contributed by atoms with Crippen molar-refractivity contribution in [2.75, 3.05) is 0 Å². The zero-order chi connectivity index (χ0) is 30.7. The minimum Gasteiger partial charge on any atom is -0.346 e. The largest absolute Gasteiger partial charge is 0.346 e. The third kappa shape index (κ3) is 4.85. The molecule has 2 aromatic carbocycles. The van der Waals surface area contributed by atoms with Gasteiger partial charge in [0.25, 0.3) is 12.3 Å². The highest BCUT2D eigenvalue weighted by Gasteiger charge is 2.67. The Hall–Kier alpha value is -4.81. The summed E-state index contributed by atoms with van der Waals surface area (Å²) in [6.07, 6.45) is 1.45. The molecule has 5 aromatic rings. The van der Waals surface area contributed by atoms with Gasteiger partial charge in [-0.2, -0.15) is 13.9 Å². The molecule has 0 saturated heterocycles. The van der Waals surface area contributed by atoms with Crippen LogP contribution >= 0.6 is 0 Å². The van der Waals surface area contributed by atoms with E-state index in [0.717, 1.165) is 12.1 Å². The Labute approximate surface area is 246 Å². The van der Waals surface area contributed by atoms with Gasteiger partial charge < -0.3 is 5.32 Å². The molecule has 1 N–H and O–H groups in total. The van der Waals surface area contributed by atoms with Crippen LogP contribution in [-0.4, -0.2) is 30.6 Å². The molecule has 224 valence electrons. The lowest BCUT2D eigenvalue weighted by Gasteiger charge is -2.22. The first kappa shape index (κ1) is 28.0. The average molecular weight is 609 g/mol. The SMILES string of the molecule is O=C(Cn1nc(C(F)F)c2c1C(F)(F)C1CC21)NC(Cc1cc(F)cc(F)c1)c1ncccc1-c1ccc2nccnc2c1. The van der Waals surface area contributed by atoms with Gasteiger partial charge in [-0.1, -0.05) is 12.1 Å². The minimum absolute atomic E-state index is 0.0900. The molecule has 13 heteroatoms. The number of hydrogen-bond donors (Lipinski definition) is 1. The summed E-state index contributed by atoms with van der Waals surface area (Å²) in [6, 6.07) is 10.7. The third-order valence-electron chi connectivity index (χ3n) is 8.11. The maximum Gasteiger partial charge on any atom is 0.293 e. The molecular formula is C31H22F6N6O. The van der Waals surface area contributed by atoms with Gasteiger partial charge in [0.15, 0.2) is 0 Å². The van der Waals surface area contributed by atoms with Crippen LogP contribution in [0.4, 0.5) is 26.3 Å². The molecule has 2 aliphatic carbocycles. The predicted molar refractivity (Wildman–Crippen MR) is 146 cm³/mol. The van der Waals surface area contributed by atoms with Crippen LogP contribution in [0.15, 0.2) is 67.1 Å². The lowest BCUT2D eigenvalue weighted by Crippen LogP contribution is -2.35. The highest BCUT2D eigenvalue weighted by molar-refractivity contribution is 5.82. The summed E-state index contributed by atoms with van der Waals surface area (Å²) < 4.78 is 86.6. The van der Waals surface area contributed by atoms with Crippen molar-refractivity contribution in [2.24, 2.45) is 5.92 Å². The number of aromatic nitrogens is 5. The number of hydrogen-bond acceptors (Lipinski definition) is 5. The maximum atomic E-state index is 15.1. The van der Waals surface area contributed by atoms with Crippen LogP contribution in [0.1, 0.15) is 53.0 Å². The molecule has 7 rings (SSSR count). The summed E-state index contributed by atoms with van der Waals surface area (Å²) in [7, 11) is 0. The predicted octanol–water partition coefficient (Wildman–Crippen LogP) is 6.41. The van der Waals surface area contributed by atoms with Crippen molar-refractivity contribution in [2.45, 2.75) is 43.7 Å². The number of amides is 1. The number of carbonyl (C=O) groups excluding carboxylic acids is 1. The van der Waals surface area contributed by atoms with E-state index in [0.29, 0.717) is 38.6 Å². The van der Waals surface area contributed by atoms with E-state index in [4.69, 9.17) is 0 Å². The molecule has 1 fully saturated rings. The molecule has 0 radical (unpaired) electrons. The van der Waals surface area contributed by atoms with Crippen LogP contribution in [0, 0.1) is 17.6 Å². The molecule has 44 heavy (non-hydrogen) atoms. The number of nitrogens with one attached hydrogen (secondary N) is 1. The van der Waals surface area contributed by atoms with Gasteiger partial charge >= 0.3 is 0 Å².